The molecule has 1 fully saturated rings. The van der Waals surface area contributed by atoms with Gasteiger partial charge in [-0.15, -0.1) is 0 Å². The number of nitrogens with zero attached hydrogens (tertiary/aromatic N) is 1. The largest absolute Gasteiger partial charge is 0.484 e. The number of carbonyl (C=O) groups excluding carboxylic acids is 1. The Hall–Kier alpha value is -1.75. The molecule has 0 aliphatic carbocycles. The molecule has 0 aromatic heterocycles. The van der Waals surface area contributed by atoms with Crippen molar-refractivity contribution in [3.8, 4) is 5.75 Å². The van der Waals surface area contributed by atoms with Crippen LogP contribution >= 0.6 is 0 Å². The van der Waals surface area contributed by atoms with Gasteiger partial charge in [0.25, 0.3) is 5.91 Å². The number of hydrogen-bond donors (Lipinski definition) is 2. The lowest BCUT2D eigenvalue weighted by molar-refractivity contribution is -0.119. The van der Waals surface area contributed by atoms with E-state index in [0.29, 0.717) is 11.8 Å². The number of amides is 1. The van der Waals surface area contributed by atoms with Crippen LogP contribution in [0.4, 0.5) is 5.69 Å². The number of likely N-dealkylation sites (N-methyl/N-ethyl adjacent to an activating group) is 1. The van der Waals surface area contributed by atoms with E-state index in [1.54, 1.807) is 0 Å². The van der Waals surface area contributed by atoms with E-state index < -0.39 is 5.91 Å². The minimum atomic E-state index is -0.467. The van der Waals surface area contributed by atoms with Gasteiger partial charge in [0.1, 0.15) is 5.75 Å². The van der Waals surface area contributed by atoms with Crippen molar-refractivity contribution in [1.29, 1.82) is 0 Å². The predicted molar refractivity (Wildman–Crippen MR) is 70.7 cm³/mol. The van der Waals surface area contributed by atoms with Gasteiger partial charge in [-0.25, -0.2) is 0 Å². The minimum absolute atomic E-state index is 0.0877. The third kappa shape index (κ3) is 3.63. The van der Waals surface area contributed by atoms with Gasteiger partial charge < -0.3 is 20.7 Å². The number of rotatable bonds is 5. The lowest BCUT2D eigenvalue weighted by Gasteiger charge is -2.15. The molecule has 1 amide bonds. The number of hydrogen-bond acceptors (Lipinski definition) is 4. The number of ether oxygens (including phenoxy) is 1. The van der Waals surface area contributed by atoms with Crippen LogP contribution < -0.4 is 15.8 Å². The Balaban J connectivity index is 1.92. The second kappa shape index (κ2) is 5.73. The summed E-state index contributed by atoms with van der Waals surface area (Å²) < 4.78 is 5.27. The maximum atomic E-state index is 10.6. The zero-order valence-electron chi connectivity index (χ0n) is 10.6. The second-order valence-electron chi connectivity index (χ2n) is 4.67. The molecule has 98 valence electrons. The zero-order valence-corrected chi connectivity index (χ0v) is 10.6. The third-order valence-corrected chi connectivity index (χ3v) is 2.98. The van der Waals surface area contributed by atoms with Gasteiger partial charge in [0.15, 0.2) is 6.61 Å². The van der Waals surface area contributed by atoms with Crippen LogP contribution in [-0.4, -0.2) is 43.6 Å². The van der Waals surface area contributed by atoms with Gasteiger partial charge in [0.05, 0.1) is 0 Å². The van der Waals surface area contributed by atoms with Gasteiger partial charge in [-0.3, -0.25) is 4.79 Å². The summed E-state index contributed by atoms with van der Waals surface area (Å²) in [4.78, 5) is 12.9. The lowest BCUT2D eigenvalue weighted by atomic mass is 10.2. The number of likely N-dealkylation sites (tertiary alicyclic amines) is 1. The Morgan fingerprint density at radius 2 is 2.44 bits per heavy atom. The van der Waals surface area contributed by atoms with Crippen molar-refractivity contribution in [1.82, 2.24) is 4.90 Å². The maximum absolute atomic E-state index is 10.6. The Labute approximate surface area is 107 Å². The molecule has 0 bridgehead atoms. The molecule has 5 heteroatoms. The van der Waals surface area contributed by atoms with Gasteiger partial charge in [0.2, 0.25) is 0 Å². The molecular formula is C13H19N3O2. The highest BCUT2D eigenvalue weighted by atomic mass is 16.5. The molecule has 1 aromatic rings. The Bertz CT molecular complexity index is 422. The number of nitrogens with one attached hydrogen (secondary N) is 1. The van der Waals surface area contributed by atoms with Crippen molar-refractivity contribution < 1.29 is 9.53 Å². The van der Waals surface area contributed by atoms with Gasteiger partial charge in [0, 0.05) is 24.3 Å². The van der Waals surface area contributed by atoms with Gasteiger partial charge in [-0.2, -0.15) is 0 Å². The normalized spacial score (nSPS) is 19.7. The van der Waals surface area contributed by atoms with E-state index in [1.807, 2.05) is 24.3 Å². The molecule has 0 radical (unpaired) electrons. The van der Waals surface area contributed by atoms with Crippen molar-refractivity contribution >= 4 is 11.6 Å². The third-order valence-electron chi connectivity index (χ3n) is 2.98. The molecule has 5 nitrogen and oxygen atoms in total. The molecule has 1 unspecified atom stereocenters. The van der Waals surface area contributed by atoms with Crippen LogP contribution in [0.1, 0.15) is 6.42 Å². The lowest BCUT2D eigenvalue weighted by Crippen LogP contribution is -2.23. The van der Waals surface area contributed by atoms with Crippen LogP contribution in [0.25, 0.3) is 0 Å². The van der Waals surface area contributed by atoms with Crippen molar-refractivity contribution in [2.45, 2.75) is 12.5 Å². The van der Waals surface area contributed by atoms with E-state index in [9.17, 15) is 4.79 Å². The molecular weight excluding hydrogens is 230 g/mol. The van der Waals surface area contributed by atoms with E-state index in [-0.39, 0.29) is 6.61 Å². The summed E-state index contributed by atoms with van der Waals surface area (Å²) in [6.07, 6.45) is 1.14. The smallest absolute Gasteiger partial charge is 0.255 e. The van der Waals surface area contributed by atoms with Crippen LogP contribution in [0.3, 0.4) is 0 Å². The average molecular weight is 249 g/mol. The van der Waals surface area contributed by atoms with Gasteiger partial charge >= 0.3 is 0 Å². The summed E-state index contributed by atoms with van der Waals surface area (Å²) in [5.41, 5.74) is 6.05. The van der Waals surface area contributed by atoms with E-state index in [0.717, 1.165) is 25.2 Å². The number of benzene rings is 1. The van der Waals surface area contributed by atoms with E-state index >= 15 is 0 Å². The zero-order chi connectivity index (χ0) is 13.0. The van der Waals surface area contributed by atoms with Crippen molar-refractivity contribution in [2.75, 3.05) is 32.1 Å². The predicted octanol–water partition coefficient (Wildman–Crippen LogP) is 0.667. The summed E-state index contributed by atoms with van der Waals surface area (Å²) >= 11 is 0. The Morgan fingerprint density at radius 3 is 3.11 bits per heavy atom. The molecule has 0 spiro atoms. The number of primary amides is 1. The standard InChI is InChI=1S/C13H19N3O2/c1-16-6-5-11(8-16)15-10-3-2-4-12(7-10)18-9-13(14)17/h2-4,7,11,15H,5-6,8-9H2,1H3,(H2,14,17). The summed E-state index contributed by atoms with van der Waals surface area (Å²) in [5, 5.41) is 3.46. The topological polar surface area (TPSA) is 67.6 Å². The fourth-order valence-electron chi connectivity index (χ4n) is 2.12. The van der Waals surface area contributed by atoms with Crippen LogP contribution in [0, 0.1) is 0 Å². The van der Waals surface area contributed by atoms with E-state index in [4.69, 9.17) is 10.5 Å². The highest BCUT2D eigenvalue weighted by Crippen LogP contribution is 2.20. The van der Waals surface area contributed by atoms with Crippen molar-refractivity contribution in [2.24, 2.45) is 5.73 Å². The first-order valence-corrected chi connectivity index (χ1v) is 6.10. The molecule has 1 aliphatic heterocycles. The first-order valence-electron chi connectivity index (χ1n) is 6.10. The Morgan fingerprint density at radius 1 is 1.61 bits per heavy atom. The summed E-state index contributed by atoms with van der Waals surface area (Å²) in [6, 6.07) is 8.07. The van der Waals surface area contributed by atoms with Gasteiger partial charge in [-0.1, -0.05) is 6.07 Å². The number of nitrogens with two attached hydrogens (primary N) is 1. The molecule has 1 saturated heterocycles. The van der Waals surface area contributed by atoms with E-state index in [2.05, 4.69) is 17.3 Å². The summed E-state index contributed by atoms with van der Waals surface area (Å²) in [6.45, 7) is 2.08. The minimum Gasteiger partial charge on any atom is -0.484 e. The molecule has 1 aliphatic rings. The van der Waals surface area contributed by atoms with Gasteiger partial charge in [-0.05, 0) is 32.1 Å². The maximum Gasteiger partial charge on any atom is 0.255 e. The second-order valence-corrected chi connectivity index (χ2v) is 4.67. The fraction of sp³-hybridized carbons (Fsp3) is 0.462. The first-order chi connectivity index (χ1) is 8.63. The Kier molecular flexibility index (Phi) is 4.04. The number of carbonyl (C=O) groups is 1. The van der Waals surface area contributed by atoms with Crippen LogP contribution in [0.2, 0.25) is 0 Å². The van der Waals surface area contributed by atoms with Crippen LogP contribution in [0.5, 0.6) is 5.75 Å². The molecule has 1 heterocycles. The van der Waals surface area contributed by atoms with Crippen molar-refractivity contribution in [3.63, 3.8) is 0 Å². The fourth-order valence-corrected chi connectivity index (χ4v) is 2.12. The quantitative estimate of drug-likeness (QED) is 0.804. The average Bonchev–Trinajstić information content (AvgIpc) is 2.73. The highest BCUT2D eigenvalue weighted by molar-refractivity contribution is 5.75. The first kappa shape index (κ1) is 12.7. The molecule has 1 aromatic carbocycles. The molecule has 0 saturated carbocycles. The molecule has 2 rings (SSSR count). The SMILES string of the molecule is CN1CCC(Nc2cccc(OCC(N)=O)c2)C1. The highest BCUT2D eigenvalue weighted by Gasteiger charge is 2.18. The van der Waals surface area contributed by atoms with E-state index in [1.165, 1.54) is 0 Å². The number of anilines is 1. The molecule has 3 N–H and O–H groups in total. The van der Waals surface area contributed by atoms with Crippen LogP contribution in [-0.2, 0) is 4.79 Å². The molecule has 18 heavy (non-hydrogen) atoms. The summed E-state index contributed by atoms with van der Waals surface area (Å²) in [7, 11) is 2.12. The monoisotopic (exact) mass is 249 g/mol. The summed E-state index contributed by atoms with van der Waals surface area (Å²) in [5.74, 6) is 0.191. The van der Waals surface area contributed by atoms with Crippen molar-refractivity contribution in [3.05, 3.63) is 24.3 Å². The van der Waals surface area contributed by atoms with Crippen LogP contribution in [0.15, 0.2) is 24.3 Å². The molecule has 1 atom stereocenters.